The smallest absolute Gasteiger partial charge is 0.355 e. The fourth-order valence-electron chi connectivity index (χ4n) is 3.68. The highest BCUT2D eigenvalue weighted by Crippen LogP contribution is 2.26. The van der Waals surface area contributed by atoms with Gasteiger partial charge in [0.1, 0.15) is 11.4 Å². The zero-order chi connectivity index (χ0) is 25.0. The molecule has 0 aliphatic rings. The molecule has 2 aromatic carbocycles. The standard InChI is InChI=1S/C26H32N2O5S/c1-7-33-26(29)25-20(5)19(4)24(27-25)16-28(15-21-9-11-22(32-6)12-10-21)34(30,31)23-13-8-17(2)18(3)14-23/h8-14,27H,7,15-16H2,1-6H3. The van der Waals surface area contributed by atoms with Crippen molar-refractivity contribution in [1.29, 1.82) is 0 Å². The Hall–Kier alpha value is -3.10. The predicted molar refractivity (Wildman–Crippen MR) is 132 cm³/mol. The fraction of sp³-hybridized carbons (Fsp3) is 0.346. The summed E-state index contributed by atoms with van der Waals surface area (Å²) in [5, 5.41) is 0. The number of sulfonamides is 1. The monoisotopic (exact) mass is 484 g/mol. The summed E-state index contributed by atoms with van der Waals surface area (Å²) in [6.07, 6.45) is 0. The third-order valence-corrected chi connectivity index (χ3v) is 7.90. The van der Waals surface area contributed by atoms with Crippen molar-refractivity contribution in [3.63, 3.8) is 0 Å². The van der Waals surface area contributed by atoms with Gasteiger partial charge in [0.2, 0.25) is 10.0 Å². The molecule has 34 heavy (non-hydrogen) atoms. The van der Waals surface area contributed by atoms with E-state index in [0.29, 0.717) is 17.1 Å². The van der Waals surface area contributed by atoms with E-state index in [1.165, 1.54) is 4.31 Å². The Balaban J connectivity index is 2.03. The lowest BCUT2D eigenvalue weighted by Crippen LogP contribution is -2.31. The number of benzene rings is 2. The van der Waals surface area contributed by atoms with Crippen LogP contribution in [0.5, 0.6) is 5.75 Å². The fourth-order valence-corrected chi connectivity index (χ4v) is 5.16. The molecule has 0 aliphatic carbocycles. The quantitative estimate of drug-likeness (QED) is 0.440. The van der Waals surface area contributed by atoms with E-state index in [9.17, 15) is 13.2 Å². The first-order chi connectivity index (χ1) is 16.1. The van der Waals surface area contributed by atoms with E-state index < -0.39 is 16.0 Å². The number of carbonyl (C=O) groups excluding carboxylic acids is 1. The van der Waals surface area contributed by atoms with Gasteiger partial charge in [-0.3, -0.25) is 0 Å². The average molecular weight is 485 g/mol. The Morgan fingerprint density at radius 1 is 0.941 bits per heavy atom. The van der Waals surface area contributed by atoms with Crippen molar-refractivity contribution in [3.8, 4) is 5.75 Å². The summed E-state index contributed by atoms with van der Waals surface area (Å²) < 4.78 is 39.3. The molecule has 0 atom stereocenters. The number of aromatic amines is 1. The first kappa shape index (κ1) is 25.5. The van der Waals surface area contributed by atoms with Crippen molar-refractivity contribution in [2.75, 3.05) is 13.7 Å². The molecule has 7 nitrogen and oxygen atoms in total. The molecule has 0 fully saturated rings. The minimum atomic E-state index is -3.84. The molecule has 3 rings (SSSR count). The number of aryl methyl sites for hydroxylation is 2. The minimum absolute atomic E-state index is 0.0768. The largest absolute Gasteiger partial charge is 0.497 e. The summed E-state index contributed by atoms with van der Waals surface area (Å²) in [4.78, 5) is 15.7. The second-order valence-corrected chi connectivity index (χ2v) is 10.3. The van der Waals surface area contributed by atoms with Gasteiger partial charge in [-0.1, -0.05) is 18.2 Å². The summed E-state index contributed by atoms with van der Waals surface area (Å²) in [5.74, 6) is 0.246. The Kier molecular flexibility index (Phi) is 7.84. The molecule has 3 aromatic rings. The molecule has 0 bridgehead atoms. The van der Waals surface area contributed by atoms with Gasteiger partial charge in [0.25, 0.3) is 0 Å². The van der Waals surface area contributed by atoms with E-state index in [1.807, 2.05) is 45.9 Å². The van der Waals surface area contributed by atoms with Gasteiger partial charge in [-0.15, -0.1) is 0 Å². The molecule has 0 saturated heterocycles. The molecule has 0 saturated carbocycles. The van der Waals surface area contributed by atoms with Gasteiger partial charge in [0.15, 0.2) is 0 Å². The Bertz CT molecular complexity index is 1280. The normalized spacial score (nSPS) is 11.6. The van der Waals surface area contributed by atoms with Crippen LogP contribution in [0.3, 0.4) is 0 Å². The summed E-state index contributed by atoms with van der Waals surface area (Å²) in [5.41, 5.74) is 5.33. The molecule has 182 valence electrons. The number of hydrogen-bond donors (Lipinski definition) is 1. The average Bonchev–Trinajstić information content (AvgIpc) is 3.09. The van der Waals surface area contributed by atoms with Crippen LogP contribution in [0, 0.1) is 27.7 Å². The Morgan fingerprint density at radius 2 is 1.62 bits per heavy atom. The van der Waals surface area contributed by atoms with Crippen LogP contribution >= 0.6 is 0 Å². The van der Waals surface area contributed by atoms with Gasteiger partial charge >= 0.3 is 5.97 Å². The molecule has 1 heterocycles. The van der Waals surface area contributed by atoms with Crippen LogP contribution in [0.2, 0.25) is 0 Å². The van der Waals surface area contributed by atoms with Crippen molar-refractivity contribution in [3.05, 3.63) is 81.7 Å². The van der Waals surface area contributed by atoms with Crippen molar-refractivity contribution in [2.45, 2.75) is 52.6 Å². The van der Waals surface area contributed by atoms with Crippen LogP contribution in [-0.4, -0.2) is 37.4 Å². The van der Waals surface area contributed by atoms with Crippen LogP contribution in [0.25, 0.3) is 0 Å². The summed E-state index contributed by atoms with van der Waals surface area (Å²) in [7, 11) is -2.25. The lowest BCUT2D eigenvalue weighted by atomic mass is 10.1. The zero-order valence-electron chi connectivity index (χ0n) is 20.6. The number of nitrogens with one attached hydrogen (secondary N) is 1. The van der Waals surface area contributed by atoms with Crippen LogP contribution in [-0.2, 0) is 27.8 Å². The van der Waals surface area contributed by atoms with Gasteiger partial charge in [-0.25, -0.2) is 13.2 Å². The lowest BCUT2D eigenvalue weighted by Gasteiger charge is -2.23. The third kappa shape index (κ3) is 5.34. The SMILES string of the molecule is CCOC(=O)c1[nH]c(CN(Cc2ccc(OC)cc2)S(=O)(=O)c2ccc(C)c(C)c2)c(C)c1C. The van der Waals surface area contributed by atoms with Crippen LogP contribution in [0.4, 0.5) is 0 Å². The van der Waals surface area contributed by atoms with E-state index in [0.717, 1.165) is 27.8 Å². The minimum Gasteiger partial charge on any atom is -0.497 e. The molecule has 0 amide bonds. The number of aromatic nitrogens is 1. The number of H-pyrrole nitrogens is 1. The van der Waals surface area contributed by atoms with E-state index >= 15 is 0 Å². The number of rotatable bonds is 9. The van der Waals surface area contributed by atoms with Gasteiger partial charge < -0.3 is 14.5 Å². The van der Waals surface area contributed by atoms with Crippen molar-refractivity contribution < 1.29 is 22.7 Å². The van der Waals surface area contributed by atoms with E-state index in [2.05, 4.69) is 4.98 Å². The van der Waals surface area contributed by atoms with Crippen molar-refractivity contribution >= 4 is 16.0 Å². The van der Waals surface area contributed by atoms with E-state index in [4.69, 9.17) is 9.47 Å². The van der Waals surface area contributed by atoms with E-state index in [1.54, 1.807) is 38.3 Å². The maximum atomic E-state index is 13.8. The first-order valence-electron chi connectivity index (χ1n) is 11.1. The van der Waals surface area contributed by atoms with Gasteiger partial charge in [0, 0.05) is 12.2 Å². The van der Waals surface area contributed by atoms with Crippen LogP contribution in [0.1, 0.15) is 50.9 Å². The maximum absolute atomic E-state index is 13.8. The lowest BCUT2D eigenvalue weighted by molar-refractivity contribution is 0.0519. The van der Waals surface area contributed by atoms with Crippen molar-refractivity contribution in [1.82, 2.24) is 9.29 Å². The molecule has 8 heteroatoms. The van der Waals surface area contributed by atoms with Crippen LogP contribution < -0.4 is 4.74 Å². The number of hydrogen-bond acceptors (Lipinski definition) is 5. The maximum Gasteiger partial charge on any atom is 0.355 e. The topological polar surface area (TPSA) is 88.7 Å². The molecule has 1 aromatic heterocycles. The molecule has 0 spiro atoms. The molecule has 0 radical (unpaired) electrons. The number of methoxy groups -OCH3 is 1. The predicted octanol–water partition coefficient (Wildman–Crippen LogP) is 4.82. The van der Waals surface area contributed by atoms with E-state index in [-0.39, 0.29) is 24.6 Å². The third-order valence-electron chi connectivity index (χ3n) is 6.11. The van der Waals surface area contributed by atoms with Crippen molar-refractivity contribution in [2.24, 2.45) is 0 Å². The Labute approximate surface area is 201 Å². The molecule has 1 N–H and O–H groups in total. The molecular weight excluding hydrogens is 452 g/mol. The second-order valence-electron chi connectivity index (χ2n) is 8.32. The second kappa shape index (κ2) is 10.4. The molecule has 0 aliphatic heterocycles. The van der Waals surface area contributed by atoms with Crippen LogP contribution in [0.15, 0.2) is 47.4 Å². The first-order valence-corrected chi connectivity index (χ1v) is 12.6. The summed E-state index contributed by atoms with van der Waals surface area (Å²) in [6.45, 7) is 9.78. The highest BCUT2D eigenvalue weighted by Gasteiger charge is 2.28. The Morgan fingerprint density at radius 3 is 2.21 bits per heavy atom. The number of carbonyl (C=O) groups is 1. The zero-order valence-corrected chi connectivity index (χ0v) is 21.4. The van der Waals surface area contributed by atoms with Gasteiger partial charge in [-0.2, -0.15) is 4.31 Å². The summed E-state index contributed by atoms with van der Waals surface area (Å²) in [6, 6.07) is 12.4. The van der Waals surface area contributed by atoms with Gasteiger partial charge in [0.05, 0.1) is 25.2 Å². The highest BCUT2D eigenvalue weighted by atomic mass is 32.2. The molecular formula is C26H32N2O5S. The number of nitrogens with zero attached hydrogens (tertiary/aromatic N) is 1. The molecule has 0 unspecified atom stereocenters. The van der Waals surface area contributed by atoms with Gasteiger partial charge in [-0.05, 0) is 86.7 Å². The summed E-state index contributed by atoms with van der Waals surface area (Å²) >= 11 is 0. The highest BCUT2D eigenvalue weighted by molar-refractivity contribution is 7.89. The number of ether oxygens (including phenoxy) is 2. The number of esters is 1.